The molecule has 158 valence electrons. The van der Waals surface area contributed by atoms with Crippen molar-refractivity contribution >= 4 is 21.5 Å². The Balaban J connectivity index is 1.85. The van der Waals surface area contributed by atoms with E-state index < -0.39 is 34.0 Å². The van der Waals surface area contributed by atoms with Gasteiger partial charge in [-0.2, -0.15) is 0 Å². The van der Waals surface area contributed by atoms with Gasteiger partial charge in [-0.3, -0.25) is 9.52 Å². The number of anilines is 1. The Morgan fingerprint density at radius 2 is 1.70 bits per heavy atom. The van der Waals surface area contributed by atoms with Crippen LogP contribution >= 0.6 is 0 Å². The average molecular weight is 434 g/mol. The van der Waals surface area contributed by atoms with Crippen molar-refractivity contribution < 1.29 is 27.1 Å². The van der Waals surface area contributed by atoms with Crippen LogP contribution in [0.4, 0.5) is 14.5 Å². The fourth-order valence-corrected chi connectivity index (χ4v) is 3.88. The molecule has 0 bridgehead atoms. The van der Waals surface area contributed by atoms with Gasteiger partial charge < -0.3 is 9.67 Å². The molecular formula is C21H20F2N2O4S. The molecule has 0 fully saturated rings. The van der Waals surface area contributed by atoms with Crippen LogP contribution in [0.5, 0.6) is 0 Å². The van der Waals surface area contributed by atoms with E-state index >= 15 is 0 Å². The van der Waals surface area contributed by atoms with Crippen LogP contribution < -0.4 is 4.72 Å². The number of sulfonamides is 1. The first-order valence-corrected chi connectivity index (χ1v) is 10.7. The van der Waals surface area contributed by atoms with E-state index in [4.69, 9.17) is 5.11 Å². The smallest absolute Gasteiger partial charge is 0.234 e. The molecule has 3 aromatic rings. The first-order valence-electron chi connectivity index (χ1n) is 9.05. The normalized spacial score (nSPS) is 11.5. The quantitative estimate of drug-likeness (QED) is 0.534. The number of ketones is 1. The summed E-state index contributed by atoms with van der Waals surface area (Å²) in [7, 11) is -2.27. The number of rotatable bonds is 8. The van der Waals surface area contributed by atoms with Crippen LogP contribution in [0.3, 0.4) is 0 Å². The fraction of sp³-hybridized carbons (Fsp3) is 0.190. The largest absolute Gasteiger partial charge is 0.395 e. The van der Waals surface area contributed by atoms with Gasteiger partial charge in [0.15, 0.2) is 0 Å². The molecule has 1 heterocycles. The maximum Gasteiger partial charge on any atom is 0.234 e. The number of nitrogens with zero attached hydrogens (tertiary/aromatic N) is 1. The van der Waals surface area contributed by atoms with Crippen LogP contribution in [-0.2, 0) is 23.5 Å². The number of aliphatic hydroxyl groups is 1. The summed E-state index contributed by atoms with van der Waals surface area (Å²) in [5.41, 5.74) is 0.877. The average Bonchev–Trinajstić information content (AvgIpc) is 3.04. The van der Waals surface area contributed by atoms with Crippen molar-refractivity contribution in [1.29, 1.82) is 0 Å². The van der Waals surface area contributed by atoms with Gasteiger partial charge in [0, 0.05) is 30.3 Å². The molecule has 3 rings (SSSR count). The fourth-order valence-electron chi connectivity index (χ4n) is 3.06. The van der Waals surface area contributed by atoms with Gasteiger partial charge in [0.1, 0.15) is 11.6 Å². The summed E-state index contributed by atoms with van der Waals surface area (Å²) in [5.74, 6) is -2.64. The third kappa shape index (κ3) is 4.74. The van der Waals surface area contributed by atoms with Crippen LogP contribution in [0.25, 0.3) is 0 Å². The van der Waals surface area contributed by atoms with Crippen LogP contribution in [0, 0.1) is 11.6 Å². The highest BCUT2D eigenvalue weighted by molar-refractivity contribution is 7.92. The zero-order valence-electron chi connectivity index (χ0n) is 16.1. The molecular weight excluding hydrogens is 414 g/mol. The molecule has 0 saturated carbocycles. The zero-order chi connectivity index (χ0) is 21.9. The zero-order valence-corrected chi connectivity index (χ0v) is 16.9. The minimum Gasteiger partial charge on any atom is -0.395 e. The Morgan fingerprint density at radius 3 is 2.30 bits per heavy atom. The third-order valence-electron chi connectivity index (χ3n) is 4.63. The number of carbonyl (C=O) groups excluding carboxylic acids is 1. The molecule has 0 saturated heterocycles. The van der Waals surface area contributed by atoms with Crippen LogP contribution in [0.2, 0.25) is 0 Å². The maximum atomic E-state index is 14.5. The van der Waals surface area contributed by atoms with E-state index in [0.29, 0.717) is 17.0 Å². The predicted molar refractivity (Wildman–Crippen MR) is 109 cm³/mol. The molecule has 2 aromatic carbocycles. The van der Waals surface area contributed by atoms with E-state index in [-0.39, 0.29) is 23.5 Å². The topological polar surface area (TPSA) is 88.4 Å². The van der Waals surface area contributed by atoms with Crippen molar-refractivity contribution in [2.24, 2.45) is 7.05 Å². The Hall–Kier alpha value is -3.04. The molecule has 0 aliphatic carbocycles. The number of aromatic nitrogens is 1. The van der Waals surface area contributed by atoms with Crippen molar-refractivity contribution in [2.75, 3.05) is 17.1 Å². The van der Waals surface area contributed by atoms with Crippen molar-refractivity contribution in [1.82, 2.24) is 4.57 Å². The Kier molecular flexibility index (Phi) is 6.33. The van der Waals surface area contributed by atoms with Crippen molar-refractivity contribution in [3.05, 3.63) is 88.7 Å². The van der Waals surface area contributed by atoms with E-state index in [1.807, 2.05) is 4.72 Å². The monoisotopic (exact) mass is 434 g/mol. The summed E-state index contributed by atoms with van der Waals surface area (Å²) >= 11 is 0. The Morgan fingerprint density at radius 1 is 1.07 bits per heavy atom. The summed E-state index contributed by atoms with van der Waals surface area (Å²) in [6.45, 7) is -0.615. The highest BCUT2D eigenvalue weighted by atomic mass is 32.2. The molecule has 6 nitrogen and oxygen atoms in total. The van der Waals surface area contributed by atoms with Gasteiger partial charge in [0.25, 0.3) is 0 Å². The second kappa shape index (κ2) is 8.76. The molecule has 2 N–H and O–H groups in total. The molecule has 0 amide bonds. The van der Waals surface area contributed by atoms with E-state index in [9.17, 15) is 22.0 Å². The molecule has 0 radical (unpaired) electrons. The molecule has 9 heteroatoms. The lowest BCUT2D eigenvalue weighted by Crippen LogP contribution is -2.19. The second-order valence-corrected chi connectivity index (χ2v) is 8.55. The molecule has 0 unspecified atom stereocenters. The minimum atomic E-state index is -3.90. The van der Waals surface area contributed by atoms with Gasteiger partial charge in [0.2, 0.25) is 15.8 Å². The third-order valence-corrected chi connectivity index (χ3v) is 5.89. The van der Waals surface area contributed by atoms with Crippen LogP contribution in [0.1, 0.15) is 27.3 Å². The summed E-state index contributed by atoms with van der Waals surface area (Å²) in [6, 6.07) is 13.6. The Labute approximate surface area is 172 Å². The van der Waals surface area contributed by atoms with Gasteiger partial charge in [-0.1, -0.05) is 30.3 Å². The predicted octanol–water partition coefficient (Wildman–Crippen LogP) is 2.86. The maximum absolute atomic E-state index is 14.5. The first kappa shape index (κ1) is 21.7. The van der Waals surface area contributed by atoms with Crippen molar-refractivity contribution in [3.8, 4) is 0 Å². The van der Waals surface area contributed by atoms with Crippen molar-refractivity contribution in [3.63, 3.8) is 0 Å². The number of carbonyl (C=O) groups is 1. The standard InChI is InChI=1S/C21H20F2N2O4S/c1-25-16(7-8-20(25)21(27)14-5-3-2-4-6-14)13-17-18(22)11-15(12-19(17)23)24-30(28,29)10-9-26/h2-8,11-12,24,26H,9-10,13H2,1H3. The van der Waals surface area contributed by atoms with E-state index in [1.54, 1.807) is 54.1 Å². The highest BCUT2D eigenvalue weighted by Crippen LogP contribution is 2.24. The molecule has 0 atom stereocenters. The molecule has 0 spiro atoms. The molecule has 0 aliphatic heterocycles. The number of hydrogen-bond acceptors (Lipinski definition) is 4. The van der Waals surface area contributed by atoms with E-state index in [1.165, 1.54) is 0 Å². The SMILES string of the molecule is Cn1c(Cc2c(F)cc(NS(=O)(=O)CCO)cc2F)ccc1C(=O)c1ccccc1. The number of halogens is 2. The van der Waals surface area contributed by atoms with Crippen LogP contribution in [-0.4, -0.2) is 36.2 Å². The van der Waals surface area contributed by atoms with E-state index in [0.717, 1.165) is 12.1 Å². The Bertz CT molecular complexity index is 1150. The van der Waals surface area contributed by atoms with Crippen molar-refractivity contribution in [2.45, 2.75) is 6.42 Å². The lowest BCUT2D eigenvalue weighted by atomic mass is 10.1. The van der Waals surface area contributed by atoms with Crippen LogP contribution in [0.15, 0.2) is 54.6 Å². The van der Waals surface area contributed by atoms with E-state index in [2.05, 4.69) is 0 Å². The first-order chi connectivity index (χ1) is 14.2. The summed E-state index contributed by atoms with van der Waals surface area (Å²) < 4.78 is 56.0. The summed E-state index contributed by atoms with van der Waals surface area (Å²) in [4.78, 5) is 12.6. The summed E-state index contributed by atoms with van der Waals surface area (Å²) in [5, 5.41) is 8.74. The lowest BCUT2D eigenvalue weighted by molar-refractivity contribution is 0.103. The lowest BCUT2D eigenvalue weighted by Gasteiger charge is -2.12. The number of aliphatic hydroxyl groups excluding tert-OH is 1. The van der Waals surface area contributed by atoms with Gasteiger partial charge in [-0.05, 0) is 24.3 Å². The number of benzene rings is 2. The summed E-state index contributed by atoms with van der Waals surface area (Å²) in [6.07, 6.45) is -0.125. The molecule has 30 heavy (non-hydrogen) atoms. The molecule has 1 aromatic heterocycles. The highest BCUT2D eigenvalue weighted by Gasteiger charge is 2.19. The minimum absolute atomic E-state index is 0.125. The van der Waals surface area contributed by atoms with Gasteiger partial charge in [-0.25, -0.2) is 17.2 Å². The second-order valence-electron chi connectivity index (χ2n) is 6.70. The number of nitrogens with one attached hydrogen (secondary N) is 1. The number of hydrogen-bond donors (Lipinski definition) is 2. The van der Waals surface area contributed by atoms with Gasteiger partial charge in [0.05, 0.1) is 23.7 Å². The van der Waals surface area contributed by atoms with Gasteiger partial charge in [-0.15, -0.1) is 0 Å². The molecule has 0 aliphatic rings. The van der Waals surface area contributed by atoms with Gasteiger partial charge >= 0.3 is 0 Å².